The first kappa shape index (κ1) is 28.3. The molecule has 0 amide bonds. The Kier molecular flexibility index (Phi) is 7.07. The minimum Gasteiger partial charge on any atom is -0.310 e. The second kappa shape index (κ2) is 12.0. The van der Waals surface area contributed by atoms with Crippen LogP contribution in [0.2, 0.25) is 0 Å². The lowest BCUT2D eigenvalue weighted by atomic mass is 9.95. The number of hydrogen-bond donors (Lipinski definition) is 0. The number of thiophene rings is 1. The van der Waals surface area contributed by atoms with Crippen molar-refractivity contribution in [1.82, 2.24) is 0 Å². The molecular weight excluding hydrogens is 599 g/mol. The summed E-state index contributed by atoms with van der Waals surface area (Å²) in [5.41, 5.74) is 10.7. The van der Waals surface area contributed by atoms with E-state index < -0.39 is 0 Å². The highest BCUT2D eigenvalue weighted by molar-refractivity contribution is 7.26. The van der Waals surface area contributed by atoms with Crippen LogP contribution >= 0.6 is 11.3 Å². The van der Waals surface area contributed by atoms with Crippen LogP contribution in [-0.4, -0.2) is 0 Å². The summed E-state index contributed by atoms with van der Waals surface area (Å²) in [6.07, 6.45) is 0. The Labute approximate surface area is 284 Å². The minimum absolute atomic E-state index is 1.11. The third-order valence-electron chi connectivity index (χ3n) is 9.25. The molecule has 9 aromatic rings. The van der Waals surface area contributed by atoms with E-state index in [9.17, 15) is 0 Å². The monoisotopic (exact) mass is 629 g/mol. The van der Waals surface area contributed by atoms with Crippen LogP contribution in [0.1, 0.15) is 0 Å². The zero-order chi connectivity index (χ0) is 31.9. The Morgan fingerprint density at radius 2 is 0.938 bits per heavy atom. The van der Waals surface area contributed by atoms with Crippen LogP contribution in [0.25, 0.3) is 64.3 Å². The van der Waals surface area contributed by atoms with Gasteiger partial charge in [0.05, 0.1) is 5.69 Å². The van der Waals surface area contributed by atoms with Crippen LogP contribution in [0.3, 0.4) is 0 Å². The summed E-state index contributed by atoms with van der Waals surface area (Å²) >= 11 is 1.88. The molecule has 0 fully saturated rings. The van der Waals surface area contributed by atoms with Gasteiger partial charge in [-0.15, -0.1) is 11.3 Å². The van der Waals surface area contributed by atoms with Crippen molar-refractivity contribution in [1.29, 1.82) is 0 Å². The van der Waals surface area contributed by atoms with Gasteiger partial charge in [0, 0.05) is 37.1 Å². The zero-order valence-electron chi connectivity index (χ0n) is 26.3. The summed E-state index contributed by atoms with van der Waals surface area (Å²) in [6, 6.07) is 68.1. The summed E-state index contributed by atoms with van der Waals surface area (Å²) in [5.74, 6) is 0. The Balaban J connectivity index is 1.18. The van der Waals surface area contributed by atoms with E-state index in [1.54, 1.807) is 0 Å². The highest BCUT2D eigenvalue weighted by atomic mass is 32.1. The van der Waals surface area contributed by atoms with E-state index in [0.717, 1.165) is 17.1 Å². The molecule has 48 heavy (non-hydrogen) atoms. The summed E-state index contributed by atoms with van der Waals surface area (Å²) in [4.78, 5) is 2.39. The third kappa shape index (κ3) is 4.95. The maximum Gasteiger partial charge on any atom is 0.0540 e. The fourth-order valence-corrected chi connectivity index (χ4v) is 8.26. The van der Waals surface area contributed by atoms with Gasteiger partial charge in [-0.3, -0.25) is 0 Å². The smallest absolute Gasteiger partial charge is 0.0540 e. The van der Waals surface area contributed by atoms with Gasteiger partial charge in [-0.25, -0.2) is 0 Å². The zero-order valence-corrected chi connectivity index (χ0v) is 27.1. The van der Waals surface area contributed by atoms with E-state index in [0.29, 0.717) is 0 Å². The first-order valence-corrected chi connectivity index (χ1v) is 17.2. The average molecular weight is 630 g/mol. The van der Waals surface area contributed by atoms with Gasteiger partial charge in [0.2, 0.25) is 0 Å². The predicted octanol–water partition coefficient (Wildman–Crippen LogP) is 13.7. The van der Waals surface area contributed by atoms with E-state index in [1.165, 1.54) is 64.3 Å². The second-order valence-corrected chi connectivity index (χ2v) is 13.2. The molecule has 1 nitrogen and oxygen atoms in total. The molecule has 1 heterocycles. The lowest BCUT2D eigenvalue weighted by Crippen LogP contribution is -2.11. The van der Waals surface area contributed by atoms with Crippen molar-refractivity contribution in [3.63, 3.8) is 0 Å². The Morgan fingerprint density at radius 3 is 1.85 bits per heavy atom. The van der Waals surface area contributed by atoms with Crippen molar-refractivity contribution in [3.8, 4) is 33.4 Å². The number of anilines is 3. The second-order valence-electron chi connectivity index (χ2n) is 12.1. The maximum absolute atomic E-state index is 2.39. The maximum atomic E-state index is 2.39. The van der Waals surface area contributed by atoms with E-state index in [4.69, 9.17) is 0 Å². The molecule has 0 saturated carbocycles. The van der Waals surface area contributed by atoms with E-state index >= 15 is 0 Å². The standard InChI is InChI=1S/C46H31NS/c1-2-19-36(20-3-1)47(44-28-8-6-23-41(44)40-26-12-15-32-14-4-5-22-38(32)40)37-21-11-17-34(31-37)33-16-10-18-35(30-33)39-25-13-27-43-42-24-7-9-29-45(42)48-46(39)43/h1-31H. The Morgan fingerprint density at radius 1 is 0.354 bits per heavy atom. The lowest BCUT2D eigenvalue weighted by Gasteiger charge is -2.28. The largest absolute Gasteiger partial charge is 0.310 e. The predicted molar refractivity (Wildman–Crippen MR) is 208 cm³/mol. The summed E-state index contributed by atoms with van der Waals surface area (Å²) in [7, 11) is 0. The molecule has 1 aromatic heterocycles. The van der Waals surface area contributed by atoms with Crippen molar-refractivity contribution in [2.24, 2.45) is 0 Å². The van der Waals surface area contributed by atoms with Gasteiger partial charge in [0.15, 0.2) is 0 Å². The fourth-order valence-electron chi connectivity index (χ4n) is 7.03. The van der Waals surface area contributed by atoms with E-state index in [1.807, 2.05) is 11.3 Å². The van der Waals surface area contributed by atoms with Crippen molar-refractivity contribution < 1.29 is 0 Å². The number of benzene rings is 8. The molecule has 0 bridgehead atoms. The SMILES string of the molecule is c1ccc(N(c2cccc(-c3cccc(-c4cccc5c4sc4ccccc45)c3)c2)c2ccccc2-c2cccc3ccccc23)cc1. The topological polar surface area (TPSA) is 3.24 Å². The van der Waals surface area contributed by atoms with Gasteiger partial charge < -0.3 is 4.90 Å². The summed E-state index contributed by atoms with van der Waals surface area (Å²) in [5, 5.41) is 5.14. The van der Waals surface area contributed by atoms with Gasteiger partial charge in [-0.2, -0.15) is 0 Å². The van der Waals surface area contributed by atoms with Crippen molar-refractivity contribution in [3.05, 3.63) is 188 Å². The first-order valence-electron chi connectivity index (χ1n) is 16.4. The minimum atomic E-state index is 1.11. The van der Waals surface area contributed by atoms with Crippen molar-refractivity contribution >= 4 is 59.3 Å². The van der Waals surface area contributed by atoms with Crippen LogP contribution in [0.4, 0.5) is 17.1 Å². The lowest BCUT2D eigenvalue weighted by molar-refractivity contribution is 1.28. The molecule has 8 aromatic carbocycles. The van der Waals surface area contributed by atoms with Gasteiger partial charge in [-0.1, -0.05) is 146 Å². The van der Waals surface area contributed by atoms with Crippen LogP contribution in [0, 0.1) is 0 Å². The molecule has 226 valence electrons. The van der Waals surface area contributed by atoms with Crippen LogP contribution in [-0.2, 0) is 0 Å². The molecule has 9 rings (SSSR count). The quantitative estimate of drug-likeness (QED) is 0.177. The molecule has 0 spiro atoms. The number of para-hydroxylation sites is 2. The van der Waals surface area contributed by atoms with Crippen molar-refractivity contribution in [2.75, 3.05) is 4.90 Å². The Hall–Kier alpha value is -5.96. The molecule has 0 aliphatic heterocycles. The van der Waals surface area contributed by atoms with Crippen LogP contribution in [0.5, 0.6) is 0 Å². The van der Waals surface area contributed by atoms with Gasteiger partial charge in [-0.05, 0) is 81.1 Å². The summed E-state index contributed by atoms with van der Waals surface area (Å²) < 4.78 is 2.67. The number of nitrogens with zero attached hydrogens (tertiary/aromatic N) is 1. The van der Waals surface area contributed by atoms with Gasteiger partial charge in [0.1, 0.15) is 0 Å². The fraction of sp³-hybridized carbons (Fsp3) is 0. The number of rotatable bonds is 6. The van der Waals surface area contributed by atoms with E-state index in [-0.39, 0.29) is 0 Å². The van der Waals surface area contributed by atoms with Crippen LogP contribution < -0.4 is 4.90 Å². The molecule has 0 aliphatic rings. The molecule has 2 heteroatoms. The molecule has 0 unspecified atom stereocenters. The van der Waals surface area contributed by atoms with Crippen LogP contribution in [0.15, 0.2) is 188 Å². The molecular formula is C46H31NS. The number of hydrogen-bond acceptors (Lipinski definition) is 2. The average Bonchev–Trinajstić information content (AvgIpc) is 3.55. The first-order chi connectivity index (χ1) is 23.8. The van der Waals surface area contributed by atoms with Crippen molar-refractivity contribution in [2.45, 2.75) is 0 Å². The molecule has 0 radical (unpaired) electrons. The summed E-state index contributed by atoms with van der Waals surface area (Å²) in [6.45, 7) is 0. The third-order valence-corrected chi connectivity index (χ3v) is 10.5. The van der Waals surface area contributed by atoms with E-state index in [2.05, 4.69) is 193 Å². The molecule has 0 aliphatic carbocycles. The van der Waals surface area contributed by atoms with Gasteiger partial charge in [0.25, 0.3) is 0 Å². The molecule has 0 atom stereocenters. The Bertz CT molecular complexity index is 2570. The number of fused-ring (bicyclic) bond motifs is 4. The molecule has 0 N–H and O–H groups in total. The molecule has 0 saturated heterocycles. The van der Waals surface area contributed by atoms with Gasteiger partial charge >= 0.3 is 0 Å². The highest BCUT2D eigenvalue weighted by Crippen LogP contribution is 2.44. The normalized spacial score (nSPS) is 11.3. The highest BCUT2D eigenvalue weighted by Gasteiger charge is 2.19.